The van der Waals surface area contributed by atoms with Crippen LogP contribution in [0.15, 0.2) is 48.5 Å². The van der Waals surface area contributed by atoms with Gasteiger partial charge in [0.2, 0.25) is 0 Å². The number of anilines is 1. The minimum atomic E-state index is -0.558. The van der Waals surface area contributed by atoms with Gasteiger partial charge in [0.15, 0.2) is 5.75 Å². The monoisotopic (exact) mass is 261 g/mol. The van der Waals surface area contributed by atoms with Crippen LogP contribution in [0.3, 0.4) is 0 Å². The quantitative estimate of drug-likeness (QED) is 0.877. The number of benzene rings is 2. The van der Waals surface area contributed by atoms with Gasteiger partial charge in [-0.1, -0.05) is 41.9 Å². The number of amides is 1. The van der Waals surface area contributed by atoms with Crippen LogP contribution in [-0.2, 0) is 0 Å². The fraction of sp³-hybridized carbons (Fsp3) is 0.0714. The van der Waals surface area contributed by atoms with E-state index in [4.69, 9.17) is 16.3 Å². The normalized spacial score (nSPS) is 9.89. The predicted octanol–water partition coefficient (Wildman–Crippen LogP) is 4.26. The Morgan fingerprint density at radius 2 is 1.83 bits per heavy atom. The molecular weight excluding hydrogens is 250 g/mol. The highest BCUT2D eigenvalue weighted by molar-refractivity contribution is 6.32. The highest BCUT2D eigenvalue weighted by Gasteiger charge is 2.10. The van der Waals surface area contributed by atoms with Crippen LogP contribution >= 0.6 is 11.6 Å². The number of ether oxygens (including phenoxy) is 1. The van der Waals surface area contributed by atoms with Gasteiger partial charge in [-0.3, -0.25) is 5.32 Å². The van der Waals surface area contributed by atoms with Gasteiger partial charge in [-0.25, -0.2) is 4.79 Å². The van der Waals surface area contributed by atoms with Crippen molar-refractivity contribution in [3.05, 3.63) is 59.1 Å². The van der Waals surface area contributed by atoms with Crippen LogP contribution in [0.2, 0.25) is 5.02 Å². The van der Waals surface area contributed by atoms with Gasteiger partial charge in [0.25, 0.3) is 0 Å². The summed E-state index contributed by atoms with van der Waals surface area (Å²) in [6, 6.07) is 14.4. The van der Waals surface area contributed by atoms with E-state index in [1.54, 1.807) is 24.3 Å². The molecule has 0 radical (unpaired) electrons. The zero-order valence-electron chi connectivity index (χ0n) is 9.81. The molecule has 2 aromatic rings. The predicted molar refractivity (Wildman–Crippen MR) is 72.3 cm³/mol. The summed E-state index contributed by atoms with van der Waals surface area (Å²) in [4.78, 5) is 11.7. The highest BCUT2D eigenvalue weighted by atomic mass is 35.5. The molecule has 18 heavy (non-hydrogen) atoms. The number of aryl methyl sites for hydroxylation is 1. The van der Waals surface area contributed by atoms with Crippen LogP contribution in [0.25, 0.3) is 0 Å². The molecule has 0 aromatic heterocycles. The van der Waals surface area contributed by atoms with E-state index in [9.17, 15) is 4.79 Å². The van der Waals surface area contributed by atoms with Crippen molar-refractivity contribution in [3.8, 4) is 5.75 Å². The molecule has 2 aromatic carbocycles. The smallest absolute Gasteiger partial charge is 0.408 e. The van der Waals surface area contributed by atoms with E-state index in [2.05, 4.69) is 5.32 Å². The van der Waals surface area contributed by atoms with E-state index in [1.807, 2.05) is 31.2 Å². The largest absolute Gasteiger partial charge is 0.417 e. The van der Waals surface area contributed by atoms with Crippen molar-refractivity contribution < 1.29 is 9.53 Å². The summed E-state index contributed by atoms with van der Waals surface area (Å²) in [6.07, 6.45) is -0.558. The lowest BCUT2D eigenvalue weighted by atomic mass is 10.2. The second-order valence-electron chi connectivity index (χ2n) is 3.77. The minimum absolute atomic E-state index is 0.382. The first-order chi connectivity index (χ1) is 8.66. The second kappa shape index (κ2) is 5.56. The average Bonchev–Trinajstić information content (AvgIpc) is 2.35. The summed E-state index contributed by atoms with van der Waals surface area (Å²) in [5.41, 5.74) is 1.48. The van der Waals surface area contributed by atoms with Gasteiger partial charge in [-0.2, -0.15) is 0 Å². The van der Waals surface area contributed by atoms with Crippen molar-refractivity contribution in [1.82, 2.24) is 0 Å². The van der Waals surface area contributed by atoms with E-state index in [1.165, 1.54) is 0 Å². The molecule has 0 aliphatic carbocycles. The summed E-state index contributed by atoms with van der Waals surface area (Å²) in [7, 11) is 0. The van der Waals surface area contributed by atoms with Crippen molar-refractivity contribution in [2.45, 2.75) is 6.92 Å². The molecule has 0 fully saturated rings. The Kier molecular flexibility index (Phi) is 3.85. The van der Waals surface area contributed by atoms with Crippen LogP contribution in [0.4, 0.5) is 10.5 Å². The lowest BCUT2D eigenvalue weighted by Crippen LogP contribution is -2.17. The molecule has 1 amide bonds. The number of carbonyl (C=O) groups excluding carboxylic acids is 1. The van der Waals surface area contributed by atoms with E-state index < -0.39 is 6.09 Å². The van der Waals surface area contributed by atoms with Crippen LogP contribution < -0.4 is 10.1 Å². The maximum absolute atomic E-state index is 11.7. The van der Waals surface area contributed by atoms with Gasteiger partial charge in [0.05, 0.1) is 5.02 Å². The molecule has 4 heteroatoms. The molecule has 0 aliphatic heterocycles. The zero-order chi connectivity index (χ0) is 13.0. The fourth-order valence-corrected chi connectivity index (χ4v) is 1.76. The first-order valence-corrected chi connectivity index (χ1v) is 5.83. The van der Waals surface area contributed by atoms with Gasteiger partial charge in [0.1, 0.15) is 0 Å². The number of nitrogens with one attached hydrogen (secondary N) is 1. The lowest BCUT2D eigenvalue weighted by molar-refractivity contribution is 0.215. The van der Waals surface area contributed by atoms with Crippen LogP contribution in [-0.4, -0.2) is 6.09 Å². The van der Waals surface area contributed by atoms with Gasteiger partial charge in [0, 0.05) is 5.69 Å². The number of halogens is 1. The Hall–Kier alpha value is -2.00. The van der Waals surface area contributed by atoms with Crippen molar-refractivity contribution in [2.24, 2.45) is 0 Å². The number of hydrogen-bond donors (Lipinski definition) is 1. The van der Waals surface area contributed by atoms with Crippen LogP contribution in [0.5, 0.6) is 5.75 Å². The molecule has 0 spiro atoms. The number of rotatable bonds is 2. The standard InChI is InChI=1S/C14H12ClNO2/c1-10-6-5-9-12(15)13(10)18-14(17)16-11-7-3-2-4-8-11/h2-9H,1H3,(H,16,17). The van der Waals surface area contributed by atoms with Crippen molar-refractivity contribution in [2.75, 3.05) is 5.32 Å². The van der Waals surface area contributed by atoms with Crippen molar-refractivity contribution in [1.29, 1.82) is 0 Å². The molecule has 3 nitrogen and oxygen atoms in total. The molecule has 1 N–H and O–H groups in total. The van der Waals surface area contributed by atoms with Crippen LogP contribution in [0.1, 0.15) is 5.56 Å². The Balaban J connectivity index is 2.08. The zero-order valence-corrected chi connectivity index (χ0v) is 10.6. The van der Waals surface area contributed by atoms with Crippen molar-refractivity contribution >= 4 is 23.4 Å². The number of para-hydroxylation sites is 2. The van der Waals surface area contributed by atoms with E-state index >= 15 is 0 Å². The summed E-state index contributed by atoms with van der Waals surface area (Å²) >= 11 is 5.97. The molecule has 0 aliphatic rings. The highest BCUT2D eigenvalue weighted by Crippen LogP contribution is 2.28. The SMILES string of the molecule is Cc1cccc(Cl)c1OC(=O)Nc1ccccc1. The van der Waals surface area contributed by atoms with E-state index in [-0.39, 0.29) is 0 Å². The number of hydrogen-bond acceptors (Lipinski definition) is 2. The first-order valence-electron chi connectivity index (χ1n) is 5.46. The Morgan fingerprint density at radius 3 is 2.50 bits per heavy atom. The number of carbonyl (C=O) groups is 1. The first kappa shape index (κ1) is 12.5. The lowest BCUT2D eigenvalue weighted by Gasteiger charge is -2.09. The van der Waals surface area contributed by atoms with E-state index in [0.717, 1.165) is 5.56 Å². The third-order valence-corrected chi connectivity index (χ3v) is 2.68. The summed E-state index contributed by atoms with van der Waals surface area (Å²) in [6.45, 7) is 1.83. The average molecular weight is 262 g/mol. The minimum Gasteiger partial charge on any atom is -0.408 e. The molecular formula is C14H12ClNO2. The van der Waals surface area contributed by atoms with Gasteiger partial charge >= 0.3 is 6.09 Å². The molecule has 0 bridgehead atoms. The topological polar surface area (TPSA) is 38.3 Å². The van der Waals surface area contributed by atoms with Crippen LogP contribution in [0, 0.1) is 6.92 Å². The Morgan fingerprint density at radius 1 is 1.11 bits per heavy atom. The molecule has 2 rings (SSSR count). The summed E-state index contributed by atoms with van der Waals surface area (Å²) in [5.74, 6) is 0.382. The summed E-state index contributed by atoms with van der Waals surface area (Å²) in [5, 5.41) is 3.04. The molecule has 0 saturated carbocycles. The molecule has 0 atom stereocenters. The molecule has 92 valence electrons. The third kappa shape index (κ3) is 3.02. The van der Waals surface area contributed by atoms with Gasteiger partial charge in [-0.05, 0) is 30.7 Å². The summed E-state index contributed by atoms with van der Waals surface area (Å²) < 4.78 is 5.20. The molecule has 0 unspecified atom stereocenters. The second-order valence-corrected chi connectivity index (χ2v) is 4.17. The third-order valence-electron chi connectivity index (χ3n) is 2.38. The Bertz CT molecular complexity index is 535. The molecule has 0 saturated heterocycles. The maximum Gasteiger partial charge on any atom is 0.417 e. The van der Waals surface area contributed by atoms with Crippen molar-refractivity contribution in [3.63, 3.8) is 0 Å². The fourth-order valence-electron chi connectivity index (χ4n) is 1.50. The molecule has 0 heterocycles. The van der Waals surface area contributed by atoms with E-state index in [0.29, 0.717) is 16.5 Å². The van der Waals surface area contributed by atoms with Gasteiger partial charge in [-0.15, -0.1) is 0 Å². The van der Waals surface area contributed by atoms with Gasteiger partial charge < -0.3 is 4.74 Å². The Labute approximate surface area is 110 Å². The maximum atomic E-state index is 11.7.